The number of amides is 1. The van der Waals surface area contributed by atoms with E-state index in [4.69, 9.17) is 23.2 Å². The maximum absolute atomic E-state index is 12.2. The molecule has 0 spiro atoms. The summed E-state index contributed by atoms with van der Waals surface area (Å²) in [6.07, 6.45) is 0. The van der Waals surface area contributed by atoms with Crippen LogP contribution in [0.3, 0.4) is 0 Å². The molecular weight excluding hydrogens is 357 g/mol. The fourth-order valence-electron chi connectivity index (χ4n) is 2.92. The summed E-state index contributed by atoms with van der Waals surface area (Å²) in [5, 5.41) is 3.79. The molecule has 0 aliphatic carbocycles. The Labute approximate surface area is 158 Å². The van der Waals surface area contributed by atoms with Crippen molar-refractivity contribution in [3.63, 3.8) is 0 Å². The van der Waals surface area contributed by atoms with Crippen molar-refractivity contribution in [2.75, 3.05) is 38.0 Å². The van der Waals surface area contributed by atoms with Gasteiger partial charge in [-0.05, 0) is 23.8 Å². The molecule has 4 nitrogen and oxygen atoms in total. The van der Waals surface area contributed by atoms with Crippen molar-refractivity contribution < 1.29 is 4.79 Å². The van der Waals surface area contributed by atoms with Gasteiger partial charge in [-0.25, -0.2) is 0 Å². The van der Waals surface area contributed by atoms with Crippen molar-refractivity contribution in [1.82, 2.24) is 9.80 Å². The van der Waals surface area contributed by atoms with Crippen LogP contribution in [-0.2, 0) is 11.3 Å². The third-order valence-electron chi connectivity index (χ3n) is 4.28. The van der Waals surface area contributed by atoms with E-state index in [1.165, 1.54) is 5.56 Å². The van der Waals surface area contributed by atoms with Gasteiger partial charge < -0.3 is 5.32 Å². The summed E-state index contributed by atoms with van der Waals surface area (Å²) in [4.78, 5) is 16.8. The third-order valence-corrected chi connectivity index (χ3v) is 5.02. The maximum Gasteiger partial charge on any atom is 0.238 e. The predicted molar refractivity (Wildman–Crippen MR) is 103 cm³/mol. The van der Waals surface area contributed by atoms with Gasteiger partial charge in [0.25, 0.3) is 0 Å². The minimum atomic E-state index is -0.0325. The standard InChI is InChI=1S/C19H21Cl2N3O/c20-17-7-6-16(12-18(17)21)22-19(25)14-24-10-8-23(9-11-24)13-15-4-2-1-3-5-15/h1-7,12H,8-11,13-14H2,(H,22,25). The van der Waals surface area contributed by atoms with E-state index in [0.29, 0.717) is 22.3 Å². The topological polar surface area (TPSA) is 35.6 Å². The van der Waals surface area contributed by atoms with Crippen LogP contribution in [-0.4, -0.2) is 48.4 Å². The van der Waals surface area contributed by atoms with Crippen LogP contribution in [0.2, 0.25) is 10.0 Å². The van der Waals surface area contributed by atoms with Crippen LogP contribution < -0.4 is 5.32 Å². The average Bonchev–Trinajstić information content (AvgIpc) is 2.61. The quantitative estimate of drug-likeness (QED) is 0.861. The fraction of sp³-hybridized carbons (Fsp3) is 0.316. The van der Waals surface area contributed by atoms with Crippen LogP contribution in [0, 0.1) is 0 Å². The second kappa shape index (κ2) is 8.68. The highest BCUT2D eigenvalue weighted by Crippen LogP contribution is 2.25. The Balaban J connectivity index is 1.43. The SMILES string of the molecule is O=C(CN1CCN(Cc2ccccc2)CC1)Nc1ccc(Cl)c(Cl)c1. The molecule has 0 atom stereocenters. The summed E-state index contributed by atoms with van der Waals surface area (Å²) in [7, 11) is 0. The second-order valence-corrected chi connectivity index (χ2v) is 7.03. The fourth-order valence-corrected chi connectivity index (χ4v) is 3.22. The second-order valence-electron chi connectivity index (χ2n) is 6.21. The van der Waals surface area contributed by atoms with E-state index in [2.05, 4.69) is 39.4 Å². The van der Waals surface area contributed by atoms with Crippen LogP contribution in [0.15, 0.2) is 48.5 Å². The highest BCUT2D eigenvalue weighted by Gasteiger charge is 2.19. The lowest BCUT2D eigenvalue weighted by molar-refractivity contribution is -0.117. The molecule has 0 radical (unpaired) electrons. The Morgan fingerprint density at radius 1 is 0.920 bits per heavy atom. The Morgan fingerprint density at radius 3 is 2.28 bits per heavy atom. The molecule has 2 aromatic carbocycles. The van der Waals surface area contributed by atoms with Gasteiger partial charge in [0.1, 0.15) is 0 Å². The number of nitrogens with zero attached hydrogens (tertiary/aromatic N) is 2. The van der Waals surface area contributed by atoms with E-state index in [1.54, 1.807) is 18.2 Å². The van der Waals surface area contributed by atoms with Gasteiger partial charge in [0.2, 0.25) is 5.91 Å². The van der Waals surface area contributed by atoms with E-state index in [1.807, 2.05) is 6.07 Å². The predicted octanol–water partition coefficient (Wildman–Crippen LogP) is 3.75. The molecule has 0 bridgehead atoms. The molecule has 25 heavy (non-hydrogen) atoms. The van der Waals surface area contributed by atoms with Gasteiger partial charge in [0, 0.05) is 38.4 Å². The molecule has 1 saturated heterocycles. The van der Waals surface area contributed by atoms with Crippen LogP contribution in [0.25, 0.3) is 0 Å². The van der Waals surface area contributed by atoms with Crippen molar-refractivity contribution in [2.45, 2.75) is 6.54 Å². The molecule has 2 aromatic rings. The van der Waals surface area contributed by atoms with Crippen LogP contribution >= 0.6 is 23.2 Å². The monoisotopic (exact) mass is 377 g/mol. The molecule has 1 fully saturated rings. The van der Waals surface area contributed by atoms with Gasteiger partial charge >= 0.3 is 0 Å². The third kappa shape index (κ3) is 5.44. The molecule has 0 unspecified atom stereocenters. The number of nitrogens with one attached hydrogen (secondary N) is 1. The molecule has 1 aliphatic rings. The Morgan fingerprint density at radius 2 is 1.60 bits per heavy atom. The van der Waals surface area contributed by atoms with E-state index < -0.39 is 0 Å². The molecule has 0 saturated carbocycles. The summed E-state index contributed by atoms with van der Waals surface area (Å²) < 4.78 is 0. The van der Waals surface area contributed by atoms with Gasteiger partial charge in [-0.1, -0.05) is 53.5 Å². The van der Waals surface area contributed by atoms with Gasteiger partial charge in [0.05, 0.1) is 16.6 Å². The lowest BCUT2D eigenvalue weighted by Crippen LogP contribution is -2.48. The number of carbonyl (C=O) groups excluding carboxylic acids is 1. The first-order valence-electron chi connectivity index (χ1n) is 8.34. The zero-order valence-electron chi connectivity index (χ0n) is 13.9. The Hall–Kier alpha value is -1.59. The van der Waals surface area contributed by atoms with E-state index >= 15 is 0 Å². The molecule has 1 heterocycles. The maximum atomic E-state index is 12.2. The van der Waals surface area contributed by atoms with Crippen LogP contribution in [0.4, 0.5) is 5.69 Å². The van der Waals surface area contributed by atoms with Crippen molar-refractivity contribution in [1.29, 1.82) is 0 Å². The van der Waals surface area contributed by atoms with Crippen LogP contribution in [0.5, 0.6) is 0 Å². The Bertz CT molecular complexity index is 716. The van der Waals surface area contributed by atoms with E-state index in [-0.39, 0.29) is 5.91 Å². The van der Waals surface area contributed by atoms with E-state index in [9.17, 15) is 4.79 Å². The molecule has 1 N–H and O–H groups in total. The molecular formula is C19H21Cl2N3O. The zero-order chi connectivity index (χ0) is 17.6. The van der Waals surface area contributed by atoms with E-state index in [0.717, 1.165) is 32.7 Å². The minimum absolute atomic E-state index is 0.0325. The molecule has 3 rings (SSSR count). The number of piperazine rings is 1. The number of benzene rings is 2. The molecule has 132 valence electrons. The largest absolute Gasteiger partial charge is 0.325 e. The Kier molecular flexibility index (Phi) is 6.32. The minimum Gasteiger partial charge on any atom is -0.325 e. The first-order valence-corrected chi connectivity index (χ1v) is 9.09. The lowest BCUT2D eigenvalue weighted by Gasteiger charge is -2.34. The molecule has 6 heteroatoms. The van der Waals surface area contributed by atoms with Crippen molar-refractivity contribution >= 4 is 34.8 Å². The molecule has 1 amide bonds. The molecule has 0 aromatic heterocycles. The number of hydrogen-bond acceptors (Lipinski definition) is 3. The highest BCUT2D eigenvalue weighted by molar-refractivity contribution is 6.42. The van der Waals surface area contributed by atoms with Gasteiger partial charge in [0.15, 0.2) is 0 Å². The first-order chi connectivity index (χ1) is 12.1. The molecule has 1 aliphatic heterocycles. The number of anilines is 1. The average molecular weight is 378 g/mol. The number of halogens is 2. The summed E-state index contributed by atoms with van der Waals surface area (Å²) >= 11 is 11.9. The van der Waals surface area contributed by atoms with Crippen molar-refractivity contribution in [3.8, 4) is 0 Å². The van der Waals surface area contributed by atoms with Gasteiger partial charge in [-0.2, -0.15) is 0 Å². The highest BCUT2D eigenvalue weighted by atomic mass is 35.5. The number of carbonyl (C=O) groups is 1. The smallest absolute Gasteiger partial charge is 0.238 e. The number of hydrogen-bond donors (Lipinski definition) is 1. The summed E-state index contributed by atoms with van der Waals surface area (Å²) in [6.45, 7) is 5.07. The van der Waals surface area contributed by atoms with Gasteiger partial charge in [-0.15, -0.1) is 0 Å². The summed E-state index contributed by atoms with van der Waals surface area (Å²) in [5.41, 5.74) is 2.00. The van der Waals surface area contributed by atoms with Crippen molar-refractivity contribution in [2.24, 2.45) is 0 Å². The van der Waals surface area contributed by atoms with Crippen molar-refractivity contribution in [3.05, 3.63) is 64.1 Å². The summed E-state index contributed by atoms with van der Waals surface area (Å²) in [6, 6.07) is 15.6. The van der Waals surface area contributed by atoms with Crippen LogP contribution in [0.1, 0.15) is 5.56 Å². The lowest BCUT2D eigenvalue weighted by atomic mass is 10.2. The number of rotatable bonds is 5. The summed E-state index contributed by atoms with van der Waals surface area (Å²) in [5.74, 6) is -0.0325. The van der Waals surface area contributed by atoms with Gasteiger partial charge in [-0.3, -0.25) is 14.6 Å². The zero-order valence-corrected chi connectivity index (χ0v) is 15.4. The first kappa shape index (κ1) is 18.2. The normalized spacial score (nSPS) is 15.9.